The number of alkyl halides is 3. The third-order valence-electron chi connectivity index (χ3n) is 5.95. The van der Waals surface area contributed by atoms with Crippen molar-refractivity contribution in [2.45, 2.75) is 52.6 Å². The summed E-state index contributed by atoms with van der Waals surface area (Å²) in [5.41, 5.74) is 1.63. The van der Waals surface area contributed by atoms with Crippen molar-refractivity contribution in [1.29, 1.82) is 0 Å². The van der Waals surface area contributed by atoms with Gasteiger partial charge in [-0.05, 0) is 49.1 Å². The molecule has 0 aliphatic carbocycles. The first kappa shape index (κ1) is 23.0. The first-order valence-corrected chi connectivity index (χ1v) is 11.7. The molecule has 2 heterocycles. The summed E-state index contributed by atoms with van der Waals surface area (Å²) < 4.78 is 42.4. The fraction of sp³-hybridized carbons (Fsp3) is 0.542. The average Bonchev–Trinajstić information content (AvgIpc) is 3.20. The van der Waals surface area contributed by atoms with Gasteiger partial charge in [-0.2, -0.15) is 13.2 Å². The van der Waals surface area contributed by atoms with E-state index in [1.165, 1.54) is 17.2 Å². The number of hydrogen-bond acceptors (Lipinski definition) is 2. The highest BCUT2D eigenvalue weighted by Crippen LogP contribution is 2.49. The molecule has 0 amide bonds. The van der Waals surface area contributed by atoms with E-state index < -0.39 is 17.2 Å². The van der Waals surface area contributed by atoms with Crippen LogP contribution in [0.4, 0.5) is 18.9 Å². The van der Waals surface area contributed by atoms with E-state index in [1.54, 1.807) is 6.07 Å². The third kappa shape index (κ3) is 4.63. The molecule has 1 aromatic rings. The quantitative estimate of drug-likeness (QED) is 0.471. The Morgan fingerprint density at radius 1 is 1.27 bits per heavy atom. The molecule has 1 aromatic carbocycles. The highest BCUT2D eigenvalue weighted by molar-refractivity contribution is 8.14. The van der Waals surface area contributed by atoms with E-state index in [-0.39, 0.29) is 0 Å². The molecule has 2 aliphatic heterocycles. The molecule has 2 aliphatic rings. The van der Waals surface area contributed by atoms with Crippen LogP contribution in [0.15, 0.2) is 42.1 Å². The standard InChI is InChI=1S/C24H32F3N2S/c1-6-28-14-15-30-22(28)9-7-8-21-23(4,5)19-16-18(24(25,26)27)10-11-20(19)29(21)13-12-17(2)3/h7-11,16-17H,6,12-15H2,1-5H3/q+1. The van der Waals surface area contributed by atoms with E-state index in [2.05, 4.69) is 48.5 Å². The van der Waals surface area contributed by atoms with Crippen LogP contribution in [0.3, 0.4) is 0 Å². The maximum atomic E-state index is 13.4. The highest BCUT2D eigenvalue weighted by Gasteiger charge is 2.42. The van der Waals surface area contributed by atoms with Gasteiger partial charge in [0, 0.05) is 29.4 Å². The van der Waals surface area contributed by atoms with Gasteiger partial charge in [0.2, 0.25) is 5.04 Å². The van der Waals surface area contributed by atoms with Crippen LogP contribution in [0.1, 0.15) is 52.2 Å². The summed E-state index contributed by atoms with van der Waals surface area (Å²) >= 11 is 1.85. The second kappa shape index (κ2) is 8.81. The number of nitrogens with zero attached hydrogens (tertiary/aromatic N) is 2. The van der Waals surface area contributed by atoms with Crippen LogP contribution in [0.5, 0.6) is 0 Å². The molecule has 2 nitrogen and oxygen atoms in total. The Morgan fingerprint density at radius 2 is 2.00 bits per heavy atom. The first-order chi connectivity index (χ1) is 14.1. The van der Waals surface area contributed by atoms with Crippen molar-refractivity contribution in [3.63, 3.8) is 0 Å². The van der Waals surface area contributed by atoms with Crippen molar-refractivity contribution >= 4 is 22.5 Å². The molecule has 0 saturated carbocycles. The van der Waals surface area contributed by atoms with Crippen molar-refractivity contribution in [1.82, 2.24) is 0 Å². The Kier molecular flexibility index (Phi) is 6.75. The molecule has 0 radical (unpaired) electrons. The predicted octanol–water partition coefficient (Wildman–Crippen LogP) is 6.47. The monoisotopic (exact) mass is 437 g/mol. The zero-order chi connectivity index (χ0) is 22.1. The number of halogens is 3. The zero-order valence-corrected chi connectivity index (χ0v) is 19.3. The summed E-state index contributed by atoms with van der Waals surface area (Å²) in [6, 6.07) is 4.19. The SMILES string of the molecule is CC[N+]1=C(C=CC=C2N(CCC(C)C)c3ccc(C(F)(F)F)cc3C2(C)C)SCC1. The van der Waals surface area contributed by atoms with Gasteiger partial charge in [0.05, 0.1) is 11.3 Å². The molecule has 30 heavy (non-hydrogen) atoms. The Morgan fingerprint density at radius 3 is 2.63 bits per heavy atom. The third-order valence-corrected chi connectivity index (χ3v) is 7.02. The van der Waals surface area contributed by atoms with E-state index in [9.17, 15) is 13.2 Å². The molecule has 0 aromatic heterocycles. The number of anilines is 1. The predicted molar refractivity (Wildman–Crippen MR) is 122 cm³/mol. The second-order valence-corrected chi connectivity index (χ2v) is 9.98. The lowest BCUT2D eigenvalue weighted by Crippen LogP contribution is -2.27. The summed E-state index contributed by atoms with van der Waals surface area (Å²) in [6.07, 6.45) is 2.93. The number of thioether (sulfide) groups is 1. The number of fused-ring (bicyclic) bond motifs is 1. The zero-order valence-electron chi connectivity index (χ0n) is 18.5. The fourth-order valence-electron chi connectivity index (χ4n) is 4.13. The van der Waals surface area contributed by atoms with Gasteiger partial charge >= 0.3 is 6.18 Å². The van der Waals surface area contributed by atoms with Crippen LogP contribution in [0, 0.1) is 5.92 Å². The lowest BCUT2D eigenvalue weighted by Gasteiger charge is -2.27. The molecule has 0 saturated heterocycles. The Balaban J connectivity index is 2.01. The van der Waals surface area contributed by atoms with E-state index in [4.69, 9.17) is 0 Å². The molecule has 164 valence electrons. The molecule has 0 atom stereocenters. The summed E-state index contributed by atoms with van der Waals surface area (Å²) in [7, 11) is 0. The minimum Gasteiger partial charge on any atom is -0.344 e. The molecular weight excluding hydrogens is 405 g/mol. The normalized spacial score (nSPS) is 20.3. The second-order valence-electron chi connectivity index (χ2n) is 8.87. The van der Waals surface area contributed by atoms with Gasteiger partial charge in [-0.3, -0.25) is 0 Å². The molecule has 6 heteroatoms. The van der Waals surface area contributed by atoms with Gasteiger partial charge in [0.1, 0.15) is 6.54 Å². The van der Waals surface area contributed by atoms with Gasteiger partial charge in [-0.1, -0.05) is 45.5 Å². The molecule has 0 fully saturated rings. The Bertz CT molecular complexity index is 879. The first-order valence-electron chi connectivity index (χ1n) is 10.7. The fourth-order valence-corrected chi connectivity index (χ4v) is 5.23. The van der Waals surface area contributed by atoms with Crippen molar-refractivity contribution < 1.29 is 17.7 Å². The average molecular weight is 438 g/mol. The number of rotatable bonds is 6. The van der Waals surface area contributed by atoms with Gasteiger partial charge in [-0.25, -0.2) is 4.58 Å². The van der Waals surface area contributed by atoms with E-state index in [0.29, 0.717) is 5.92 Å². The minimum absolute atomic E-state index is 0.490. The van der Waals surface area contributed by atoms with Gasteiger partial charge in [0.15, 0.2) is 6.54 Å². The molecule has 0 unspecified atom stereocenters. The van der Waals surface area contributed by atoms with Crippen LogP contribution in [0.2, 0.25) is 0 Å². The molecule has 3 rings (SSSR count). The van der Waals surface area contributed by atoms with Gasteiger partial charge in [-0.15, -0.1) is 0 Å². The van der Waals surface area contributed by atoms with Crippen LogP contribution in [0.25, 0.3) is 0 Å². The topological polar surface area (TPSA) is 6.25 Å². The van der Waals surface area contributed by atoms with E-state index >= 15 is 0 Å². The lowest BCUT2D eigenvalue weighted by atomic mass is 9.83. The highest BCUT2D eigenvalue weighted by atomic mass is 32.2. The van der Waals surface area contributed by atoms with Crippen molar-refractivity contribution in [2.24, 2.45) is 5.92 Å². The van der Waals surface area contributed by atoms with Crippen molar-refractivity contribution in [3.8, 4) is 0 Å². The molecule has 0 N–H and O–H groups in total. The lowest BCUT2D eigenvalue weighted by molar-refractivity contribution is -0.513. The van der Waals surface area contributed by atoms with Crippen LogP contribution in [-0.2, 0) is 11.6 Å². The molecular formula is C24H32F3N2S+. The largest absolute Gasteiger partial charge is 0.416 e. The van der Waals surface area contributed by atoms with Crippen LogP contribution in [-0.4, -0.2) is 35.0 Å². The number of benzene rings is 1. The Labute approximate surface area is 182 Å². The number of allylic oxidation sites excluding steroid dienone is 3. The summed E-state index contributed by atoms with van der Waals surface area (Å²) in [4.78, 5) is 2.21. The molecule has 0 spiro atoms. The van der Waals surface area contributed by atoms with Crippen molar-refractivity contribution in [2.75, 3.05) is 30.3 Å². The van der Waals surface area contributed by atoms with Crippen molar-refractivity contribution in [3.05, 3.63) is 53.3 Å². The van der Waals surface area contributed by atoms with Gasteiger partial charge < -0.3 is 4.90 Å². The summed E-state index contributed by atoms with van der Waals surface area (Å²) in [6.45, 7) is 13.4. The number of hydrogen-bond donors (Lipinski definition) is 0. The van der Waals surface area contributed by atoms with Crippen LogP contribution < -0.4 is 4.90 Å². The molecule has 0 bridgehead atoms. The van der Waals surface area contributed by atoms with Crippen LogP contribution >= 0.6 is 11.8 Å². The van der Waals surface area contributed by atoms with Gasteiger partial charge in [0.25, 0.3) is 0 Å². The minimum atomic E-state index is -4.33. The Hall–Kier alpha value is -1.69. The van der Waals surface area contributed by atoms with E-state index in [0.717, 1.165) is 48.8 Å². The summed E-state index contributed by atoms with van der Waals surface area (Å²) in [5.74, 6) is 1.62. The maximum absolute atomic E-state index is 13.4. The van der Waals surface area contributed by atoms with E-state index in [1.807, 2.05) is 25.6 Å². The smallest absolute Gasteiger partial charge is 0.344 e. The maximum Gasteiger partial charge on any atom is 0.416 e. The summed E-state index contributed by atoms with van der Waals surface area (Å²) in [5, 5.41) is 1.26.